The van der Waals surface area contributed by atoms with Crippen LogP contribution in [0, 0.1) is 0 Å². The van der Waals surface area contributed by atoms with E-state index in [-0.39, 0.29) is 6.61 Å². The first-order valence-electron chi connectivity index (χ1n) is 7.40. The molecule has 26 heavy (non-hydrogen) atoms. The molecule has 134 valence electrons. The van der Waals surface area contributed by atoms with Gasteiger partial charge in [0.2, 0.25) is 0 Å². The number of benzene rings is 2. The first-order chi connectivity index (χ1) is 12.6. The summed E-state index contributed by atoms with van der Waals surface area (Å²) in [6, 6.07) is 8.96. The Morgan fingerprint density at radius 2 is 1.96 bits per heavy atom. The third-order valence-corrected chi connectivity index (χ3v) is 4.56. The molecule has 9 heteroatoms. The van der Waals surface area contributed by atoms with Gasteiger partial charge in [-0.3, -0.25) is 0 Å². The standard InChI is InChI=1S/C17H13BrCl2N4O2/c1-25-16-5-11(7-23-24-9-21-22-10-24)4-14(18)17(16)26-8-12-2-3-13(19)6-15(12)20/h2-7,9-10H,8H2,1H3/b23-7-. The monoisotopic (exact) mass is 454 g/mol. The summed E-state index contributed by atoms with van der Waals surface area (Å²) in [6.45, 7) is 0.277. The van der Waals surface area contributed by atoms with E-state index in [1.54, 1.807) is 25.5 Å². The highest BCUT2D eigenvalue weighted by Crippen LogP contribution is 2.37. The average molecular weight is 456 g/mol. The first-order valence-corrected chi connectivity index (χ1v) is 8.95. The van der Waals surface area contributed by atoms with Crippen molar-refractivity contribution < 1.29 is 9.47 Å². The Balaban J connectivity index is 1.80. The molecule has 0 fully saturated rings. The number of methoxy groups -OCH3 is 1. The van der Waals surface area contributed by atoms with Gasteiger partial charge in [0.25, 0.3) is 0 Å². The van der Waals surface area contributed by atoms with Crippen LogP contribution in [0.2, 0.25) is 10.0 Å². The van der Waals surface area contributed by atoms with Crippen LogP contribution in [0.3, 0.4) is 0 Å². The summed E-state index contributed by atoms with van der Waals surface area (Å²) < 4.78 is 13.6. The van der Waals surface area contributed by atoms with E-state index in [2.05, 4.69) is 31.2 Å². The molecule has 0 unspecified atom stereocenters. The predicted octanol–water partition coefficient (Wildman–Crippen LogP) is 4.82. The minimum Gasteiger partial charge on any atom is -0.493 e. The van der Waals surface area contributed by atoms with E-state index >= 15 is 0 Å². The molecule has 0 saturated heterocycles. The molecule has 0 N–H and O–H groups in total. The molecule has 3 aromatic rings. The Morgan fingerprint density at radius 3 is 2.65 bits per heavy atom. The van der Waals surface area contributed by atoms with Crippen LogP contribution in [0.5, 0.6) is 11.5 Å². The maximum Gasteiger partial charge on any atom is 0.175 e. The third kappa shape index (κ3) is 4.55. The summed E-state index contributed by atoms with van der Waals surface area (Å²) in [4.78, 5) is 0. The van der Waals surface area contributed by atoms with Crippen LogP contribution < -0.4 is 9.47 Å². The van der Waals surface area contributed by atoms with Crippen molar-refractivity contribution in [3.8, 4) is 11.5 Å². The van der Waals surface area contributed by atoms with Gasteiger partial charge in [-0.25, -0.2) is 4.68 Å². The van der Waals surface area contributed by atoms with Gasteiger partial charge in [0.1, 0.15) is 19.3 Å². The van der Waals surface area contributed by atoms with E-state index in [9.17, 15) is 0 Å². The maximum absolute atomic E-state index is 6.19. The minimum atomic E-state index is 0.277. The fraction of sp³-hybridized carbons (Fsp3) is 0.118. The molecular weight excluding hydrogens is 443 g/mol. The summed E-state index contributed by atoms with van der Waals surface area (Å²) >= 11 is 15.6. The molecule has 3 rings (SSSR count). The molecule has 1 heterocycles. The summed E-state index contributed by atoms with van der Waals surface area (Å²) in [5, 5.41) is 12.7. The Kier molecular flexibility index (Phi) is 6.13. The molecular formula is C17H13BrCl2N4O2. The van der Waals surface area contributed by atoms with Crippen LogP contribution in [0.4, 0.5) is 0 Å². The van der Waals surface area contributed by atoms with E-state index in [0.29, 0.717) is 21.5 Å². The highest BCUT2D eigenvalue weighted by atomic mass is 79.9. The second kappa shape index (κ2) is 8.53. The third-order valence-electron chi connectivity index (χ3n) is 3.39. The van der Waals surface area contributed by atoms with Gasteiger partial charge >= 0.3 is 0 Å². The highest BCUT2D eigenvalue weighted by Gasteiger charge is 2.12. The van der Waals surface area contributed by atoms with Crippen molar-refractivity contribution in [2.24, 2.45) is 5.10 Å². The fourth-order valence-electron chi connectivity index (χ4n) is 2.13. The van der Waals surface area contributed by atoms with E-state index in [4.69, 9.17) is 32.7 Å². The zero-order valence-corrected chi connectivity index (χ0v) is 16.7. The Labute approximate surface area is 168 Å². The second-order valence-corrected chi connectivity index (χ2v) is 6.84. The smallest absolute Gasteiger partial charge is 0.175 e. The van der Waals surface area contributed by atoms with E-state index in [0.717, 1.165) is 15.6 Å². The number of rotatable bonds is 6. The number of aromatic nitrogens is 3. The van der Waals surface area contributed by atoms with Crippen LogP contribution in [-0.4, -0.2) is 28.2 Å². The fourth-order valence-corrected chi connectivity index (χ4v) is 3.17. The first kappa shape index (κ1) is 18.7. The molecule has 0 spiro atoms. The van der Waals surface area contributed by atoms with E-state index < -0.39 is 0 Å². The number of ether oxygens (including phenoxy) is 2. The van der Waals surface area contributed by atoms with Gasteiger partial charge in [0.05, 0.1) is 17.8 Å². The molecule has 0 bridgehead atoms. The topological polar surface area (TPSA) is 61.5 Å². The summed E-state index contributed by atoms with van der Waals surface area (Å²) in [5.41, 5.74) is 1.64. The molecule has 0 radical (unpaired) electrons. The van der Waals surface area contributed by atoms with Gasteiger partial charge in [-0.1, -0.05) is 29.3 Å². The molecule has 6 nitrogen and oxygen atoms in total. The molecule has 0 aliphatic rings. The number of halogens is 3. The van der Waals surface area contributed by atoms with Crippen LogP contribution in [0.15, 0.2) is 52.6 Å². The number of nitrogens with zero attached hydrogens (tertiary/aromatic N) is 4. The zero-order chi connectivity index (χ0) is 18.5. The van der Waals surface area contributed by atoms with Crippen molar-refractivity contribution in [3.63, 3.8) is 0 Å². The summed E-state index contributed by atoms with van der Waals surface area (Å²) in [7, 11) is 1.57. The van der Waals surface area contributed by atoms with Crippen LogP contribution in [-0.2, 0) is 6.61 Å². The van der Waals surface area contributed by atoms with E-state index in [1.165, 1.54) is 17.3 Å². The molecule has 0 saturated carbocycles. The van der Waals surface area contributed by atoms with Crippen molar-refractivity contribution in [2.45, 2.75) is 6.61 Å². The lowest BCUT2D eigenvalue weighted by molar-refractivity contribution is 0.282. The molecule has 0 atom stereocenters. The van der Waals surface area contributed by atoms with Crippen LogP contribution in [0.1, 0.15) is 11.1 Å². The highest BCUT2D eigenvalue weighted by molar-refractivity contribution is 9.10. The van der Waals surface area contributed by atoms with E-state index in [1.807, 2.05) is 18.2 Å². The summed E-state index contributed by atoms with van der Waals surface area (Å²) in [5.74, 6) is 1.13. The van der Waals surface area contributed by atoms with Gasteiger partial charge in [-0.05, 0) is 45.8 Å². The lowest BCUT2D eigenvalue weighted by atomic mass is 10.2. The van der Waals surface area contributed by atoms with Gasteiger partial charge in [-0.2, -0.15) is 5.10 Å². The SMILES string of the molecule is COc1cc(/C=N\n2cnnc2)cc(Br)c1OCc1ccc(Cl)cc1Cl. The van der Waals surface area contributed by atoms with Crippen LogP contribution in [0.25, 0.3) is 0 Å². The van der Waals surface area contributed by atoms with Crippen molar-refractivity contribution in [2.75, 3.05) is 7.11 Å². The maximum atomic E-state index is 6.19. The summed E-state index contributed by atoms with van der Waals surface area (Å²) in [6.07, 6.45) is 4.66. The Bertz CT molecular complexity index is 933. The number of hydrogen-bond donors (Lipinski definition) is 0. The van der Waals surface area contributed by atoms with Crippen LogP contribution >= 0.6 is 39.1 Å². The van der Waals surface area contributed by atoms with Crippen molar-refractivity contribution in [3.05, 3.63) is 68.6 Å². The predicted molar refractivity (Wildman–Crippen MR) is 105 cm³/mol. The quantitative estimate of drug-likeness (QED) is 0.500. The molecule has 2 aromatic carbocycles. The zero-order valence-electron chi connectivity index (χ0n) is 13.6. The largest absolute Gasteiger partial charge is 0.493 e. The average Bonchev–Trinajstić information content (AvgIpc) is 3.13. The molecule has 0 amide bonds. The van der Waals surface area contributed by atoms with Gasteiger partial charge in [0.15, 0.2) is 11.5 Å². The Hall–Kier alpha value is -2.09. The van der Waals surface area contributed by atoms with Gasteiger partial charge in [-0.15, -0.1) is 10.2 Å². The van der Waals surface area contributed by atoms with Crippen molar-refractivity contribution in [1.82, 2.24) is 14.9 Å². The second-order valence-electron chi connectivity index (χ2n) is 5.14. The van der Waals surface area contributed by atoms with Gasteiger partial charge in [0, 0.05) is 15.6 Å². The van der Waals surface area contributed by atoms with Gasteiger partial charge < -0.3 is 9.47 Å². The normalized spacial score (nSPS) is 11.1. The van der Waals surface area contributed by atoms with Crippen molar-refractivity contribution in [1.29, 1.82) is 0 Å². The number of hydrogen-bond acceptors (Lipinski definition) is 5. The molecule has 0 aliphatic carbocycles. The Morgan fingerprint density at radius 1 is 1.19 bits per heavy atom. The molecule has 1 aromatic heterocycles. The lowest BCUT2D eigenvalue weighted by Gasteiger charge is -2.14. The lowest BCUT2D eigenvalue weighted by Crippen LogP contribution is -2.00. The van der Waals surface area contributed by atoms with Crippen molar-refractivity contribution >= 4 is 45.3 Å². The molecule has 0 aliphatic heterocycles. The minimum absolute atomic E-state index is 0.277.